The number of hydrogen-bond acceptors (Lipinski definition) is 3. The van der Waals surface area contributed by atoms with Gasteiger partial charge in [0.2, 0.25) is 0 Å². The van der Waals surface area contributed by atoms with Gasteiger partial charge < -0.3 is 4.74 Å². The van der Waals surface area contributed by atoms with Crippen molar-refractivity contribution < 1.29 is 9.53 Å². The smallest absolute Gasteiger partial charge is 0.348 e. The van der Waals surface area contributed by atoms with Crippen molar-refractivity contribution in [1.82, 2.24) is 0 Å². The fourth-order valence-corrected chi connectivity index (χ4v) is 3.30. The Balaban J connectivity index is 2.96. The van der Waals surface area contributed by atoms with Gasteiger partial charge in [-0.25, -0.2) is 4.79 Å². The average molecular weight is 314 g/mol. The van der Waals surface area contributed by atoms with Gasteiger partial charge in [0, 0.05) is 5.33 Å². The van der Waals surface area contributed by atoms with Crippen LogP contribution in [0.1, 0.15) is 15.2 Å². The van der Waals surface area contributed by atoms with Gasteiger partial charge in [-0.3, -0.25) is 0 Å². The van der Waals surface area contributed by atoms with E-state index in [0.717, 1.165) is 14.7 Å². The number of carbonyl (C=O) groups excluding carboxylic acids is 1. The Morgan fingerprint density at radius 2 is 2.42 bits per heavy atom. The SMILES string of the molecule is COC(=O)c1cc(CBr)c(Br)s1. The molecule has 0 aliphatic heterocycles. The van der Waals surface area contributed by atoms with E-state index in [-0.39, 0.29) is 5.97 Å². The minimum absolute atomic E-state index is 0.284. The molecule has 0 aliphatic carbocycles. The van der Waals surface area contributed by atoms with E-state index < -0.39 is 0 Å². The first-order valence-corrected chi connectivity index (χ1v) is 5.84. The number of ether oxygens (including phenoxy) is 1. The van der Waals surface area contributed by atoms with E-state index in [9.17, 15) is 4.79 Å². The molecule has 0 N–H and O–H groups in total. The fraction of sp³-hybridized carbons (Fsp3) is 0.286. The first kappa shape index (κ1) is 10.2. The molecule has 0 unspecified atom stereocenters. The standard InChI is InChI=1S/C7H6Br2O2S/c1-11-7(10)5-2-4(3-8)6(9)12-5/h2H,3H2,1H3. The van der Waals surface area contributed by atoms with Crippen LogP contribution in [-0.4, -0.2) is 13.1 Å². The molecular formula is C7H6Br2O2S. The van der Waals surface area contributed by atoms with Gasteiger partial charge >= 0.3 is 5.97 Å². The highest BCUT2D eigenvalue weighted by molar-refractivity contribution is 9.11. The lowest BCUT2D eigenvalue weighted by molar-refractivity contribution is 0.0606. The summed E-state index contributed by atoms with van der Waals surface area (Å²) in [4.78, 5) is 11.7. The van der Waals surface area contributed by atoms with Crippen LogP contribution in [0.5, 0.6) is 0 Å². The monoisotopic (exact) mass is 312 g/mol. The topological polar surface area (TPSA) is 26.3 Å². The number of alkyl halides is 1. The van der Waals surface area contributed by atoms with Gasteiger partial charge in [-0.15, -0.1) is 11.3 Å². The number of esters is 1. The van der Waals surface area contributed by atoms with E-state index in [1.807, 2.05) is 6.07 Å². The van der Waals surface area contributed by atoms with Crippen LogP contribution in [-0.2, 0) is 10.1 Å². The Morgan fingerprint density at radius 1 is 1.75 bits per heavy atom. The Bertz CT molecular complexity index is 296. The first-order chi connectivity index (χ1) is 5.69. The fourth-order valence-electron chi connectivity index (χ4n) is 0.699. The third-order valence-corrected chi connectivity index (χ3v) is 3.83. The molecule has 1 rings (SSSR count). The molecule has 5 heteroatoms. The van der Waals surface area contributed by atoms with Crippen molar-refractivity contribution in [3.8, 4) is 0 Å². The number of halogens is 2. The van der Waals surface area contributed by atoms with E-state index in [2.05, 4.69) is 36.6 Å². The lowest BCUT2D eigenvalue weighted by Crippen LogP contribution is -1.96. The van der Waals surface area contributed by atoms with Gasteiger partial charge in [0.25, 0.3) is 0 Å². The molecule has 1 aromatic heterocycles. The third-order valence-electron chi connectivity index (χ3n) is 1.29. The van der Waals surface area contributed by atoms with Gasteiger partial charge in [-0.1, -0.05) is 15.9 Å². The Labute approximate surface area is 91.2 Å². The molecule has 0 amide bonds. The summed E-state index contributed by atoms with van der Waals surface area (Å²) in [6.45, 7) is 0. The first-order valence-electron chi connectivity index (χ1n) is 3.11. The normalized spacial score (nSPS) is 9.92. The molecule has 0 saturated carbocycles. The zero-order valence-electron chi connectivity index (χ0n) is 6.27. The van der Waals surface area contributed by atoms with Crippen molar-refractivity contribution >= 4 is 49.2 Å². The second-order valence-electron chi connectivity index (χ2n) is 2.03. The minimum Gasteiger partial charge on any atom is -0.465 e. The molecule has 0 aliphatic rings. The predicted octanol–water partition coefficient (Wildman–Crippen LogP) is 3.19. The molecule has 1 heterocycles. The van der Waals surface area contributed by atoms with Gasteiger partial charge in [-0.2, -0.15) is 0 Å². The van der Waals surface area contributed by atoms with E-state index in [1.165, 1.54) is 18.4 Å². The van der Waals surface area contributed by atoms with Crippen molar-refractivity contribution in [1.29, 1.82) is 0 Å². The molecule has 0 bridgehead atoms. The van der Waals surface area contributed by atoms with E-state index >= 15 is 0 Å². The van der Waals surface area contributed by atoms with Gasteiger partial charge in [0.1, 0.15) is 4.88 Å². The van der Waals surface area contributed by atoms with Crippen molar-refractivity contribution in [2.24, 2.45) is 0 Å². The molecule has 1 aromatic rings. The number of methoxy groups -OCH3 is 1. The maximum atomic E-state index is 11.0. The van der Waals surface area contributed by atoms with E-state index in [4.69, 9.17) is 0 Å². The van der Waals surface area contributed by atoms with E-state index in [0.29, 0.717) is 4.88 Å². The molecule has 66 valence electrons. The Hall–Kier alpha value is 0.130. The molecule has 0 fully saturated rings. The molecule has 12 heavy (non-hydrogen) atoms. The molecule has 0 spiro atoms. The summed E-state index contributed by atoms with van der Waals surface area (Å²) in [6.07, 6.45) is 0. The molecule has 0 atom stereocenters. The van der Waals surface area contributed by atoms with Crippen LogP contribution in [0.4, 0.5) is 0 Å². The number of thiophene rings is 1. The van der Waals surface area contributed by atoms with Crippen molar-refractivity contribution in [2.75, 3.05) is 7.11 Å². The quantitative estimate of drug-likeness (QED) is 0.619. The van der Waals surface area contributed by atoms with Crippen LogP contribution in [0.3, 0.4) is 0 Å². The summed E-state index contributed by atoms with van der Waals surface area (Å²) in [5.74, 6) is -0.284. The molecular weight excluding hydrogens is 308 g/mol. The molecule has 2 nitrogen and oxygen atoms in total. The predicted molar refractivity (Wildman–Crippen MR) is 56.0 cm³/mol. The minimum atomic E-state index is -0.284. The highest BCUT2D eigenvalue weighted by Crippen LogP contribution is 2.29. The van der Waals surface area contributed by atoms with Crippen molar-refractivity contribution in [3.63, 3.8) is 0 Å². The van der Waals surface area contributed by atoms with Gasteiger partial charge in [-0.05, 0) is 27.6 Å². The van der Waals surface area contributed by atoms with Gasteiger partial charge in [0.05, 0.1) is 10.9 Å². The summed E-state index contributed by atoms with van der Waals surface area (Å²) >= 11 is 8.06. The van der Waals surface area contributed by atoms with Crippen LogP contribution in [0.25, 0.3) is 0 Å². The van der Waals surface area contributed by atoms with Crippen LogP contribution in [0.15, 0.2) is 9.85 Å². The zero-order chi connectivity index (χ0) is 9.14. The summed E-state index contributed by atoms with van der Waals surface area (Å²) in [5.41, 5.74) is 1.07. The van der Waals surface area contributed by atoms with Gasteiger partial charge in [0.15, 0.2) is 0 Å². The second kappa shape index (κ2) is 4.39. The van der Waals surface area contributed by atoms with Crippen LogP contribution in [0, 0.1) is 0 Å². The average Bonchev–Trinajstić information content (AvgIpc) is 2.45. The molecule has 0 saturated heterocycles. The Morgan fingerprint density at radius 3 is 2.83 bits per heavy atom. The lowest BCUT2D eigenvalue weighted by atomic mass is 10.3. The second-order valence-corrected chi connectivity index (χ2v) is 4.97. The van der Waals surface area contributed by atoms with Crippen LogP contribution < -0.4 is 0 Å². The molecule has 0 aromatic carbocycles. The van der Waals surface area contributed by atoms with Crippen LogP contribution in [0.2, 0.25) is 0 Å². The molecule has 0 radical (unpaired) electrons. The van der Waals surface area contributed by atoms with Crippen molar-refractivity contribution in [2.45, 2.75) is 5.33 Å². The number of carbonyl (C=O) groups is 1. The van der Waals surface area contributed by atoms with Crippen molar-refractivity contribution in [3.05, 3.63) is 20.3 Å². The highest BCUT2D eigenvalue weighted by Gasteiger charge is 2.12. The lowest BCUT2D eigenvalue weighted by Gasteiger charge is -1.90. The maximum Gasteiger partial charge on any atom is 0.348 e. The zero-order valence-corrected chi connectivity index (χ0v) is 10.3. The number of rotatable bonds is 2. The summed E-state index contributed by atoms with van der Waals surface area (Å²) in [7, 11) is 1.38. The summed E-state index contributed by atoms with van der Waals surface area (Å²) in [5, 5.41) is 0.737. The Kier molecular flexibility index (Phi) is 3.74. The van der Waals surface area contributed by atoms with E-state index in [1.54, 1.807) is 0 Å². The highest BCUT2D eigenvalue weighted by atomic mass is 79.9. The van der Waals surface area contributed by atoms with Crippen LogP contribution >= 0.6 is 43.2 Å². The summed E-state index contributed by atoms with van der Waals surface area (Å²) < 4.78 is 5.56. The largest absolute Gasteiger partial charge is 0.465 e. The summed E-state index contributed by atoms with van der Waals surface area (Å²) in [6, 6.07) is 1.81. The third kappa shape index (κ3) is 2.08. The maximum absolute atomic E-state index is 11.0. The number of hydrogen-bond donors (Lipinski definition) is 0.